The van der Waals surface area contributed by atoms with E-state index >= 15 is 0 Å². The first kappa shape index (κ1) is 20.5. The van der Waals surface area contributed by atoms with Crippen LogP contribution in [0.2, 0.25) is 0 Å². The predicted octanol–water partition coefficient (Wildman–Crippen LogP) is 4.16. The van der Waals surface area contributed by atoms with Crippen molar-refractivity contribution in [1.29, 1.82) is 0 Å². The molecule has 0 fully saturated rings. The smallest absolute Gasteiger partial charge is 0.335 e. The molecule has 1 aromatic heterocycles. The zero-order valence-corrected chi connectivity index (χ0v) is 16.7. The number of ether oxygens (including phenoxy) is 1. The molecule has 7 nitrogen and oxygen atoms in total. The summed E-state index contributed by atoms with van der Waals surface area (Å²) in [5.41, 5.74) is 2.48. The largest absolute Gasteiger partial charge is 0.493 e. The lowest BCUT2D eigenvalue weighted by Crippen LogP contribution is -2.14. The van der Waals surface area contributed by atoms with Crippen molar-refractivity contribution in [1.82, 2.24) is 10.1 Å². The first-order valence-corrected chi connectivity index (χ1v) is 9.35. The summed E-state index contributed by atoms with van der Waals surface area (Å²) < 4.78 is 11.2. The summed E-state index contributed by atoms with van der Waals surface area (Å²) in [6, 6.07) is 12.0. The lowest BCUT2D eigenvalue weighted by molar-refractivity contribution is 0.0697. The van der Waals surface area contributed by atoms with Crippen molar-refractivity contribution >= 4 is 5.97 Å². The number of aliphatic hydroxyl groups excluding tert-OH is 1. The molecule has 0 radical (unpaired) electrons. The van der Waals surface area contributed by atoms with E-state index in [1.807, 2.05) is 18.2 Å². The van der Waals surface area contributed by atoms with Gasteiger partial charge in [0.2, 0.25) is 5.82 Å². The molecular weight excluding hydrogens is 372 g/mol. The van der Waals surface area contributed by atoms with Crippen LogP contribution in [-0.2, 0) is 5.41 Å². The Bertz CT molecular complexity index is 987. The Hall–Kier alpha value is -3.19. The Kier molecular flexibility index (Phi) is 5.98. The van der Waals surface area contributed by atoms with Gasteiger partial charge in [-0.05, 0) is 47.9 Å². The first-order chi connectivity index (χ1) is 13.8. The average Bonchev–Trinajstić information content (AvgIpc) is 3.18. The summed E-state index contributed by atoms with van der Waals surface area (Å²) in [6.07, 6.45) is 0.570. The Balaban J connectivity index is 1.90. The number of hydrogen-bond donors (Lipinski definition) is 2. The summed E-state index contributed by atoms with van der Waals surface area (Å²) in [4.78, 5) is 15.4. The predicted molar refractivity (Wildman–Crippen MR) is 108 cm³/mol. The van der Waals surface area contributed by atoms with Crippen LogP contribution in [0.5, 0.6) is 5.75 Å². The van der Waals surface area contributed by atoms with Gasteiger partial charge in [0.1, 0.15) is 5.75 Å². The topological polar surface area (TPSA) is 106 Å². The first-order valence-electron chi connectivity index (χ1n) is 9.35. The zero-order chi connectivity index (χ0) is 21.0. The van der Waals surface area contributed by atoms with Gasteiger partial charge in [0.05, 0.1) is 12.2 Å². The van der Waals surface area contributed by atoms with Gasteiger partial charge < -0.3 is 19.5 Å². The molecule has 0 aliphatic heterocycles. The summed E-state index contributed by atoms with van der Waals surface area (Å²) in [5.74, 6) is 0.536. The van der Waals surface area contributed by atoms with Gasteiger partial charge >= 0.3 is 5.97 Å². The fraction of sp³-hybridized carbons (Fsp3) is 0.318. The molecule has 1 heterocycles. The number of aromatic carboxylic acids is 1. The SMILES string of the molecule is CC(C)(C)c1cc(-c2noc(-c3ccc(C(=O)O)cc3)n2)ccc1OCCCO. The Morgan fingerprint density at radius 3 is 2.41 bits per heavy atom. The number of carboxylic acids is 1. The quantitative estimate of drug-likeness (QED) is 0.578. The van der Waals surface area contributed by atoms with Crippen molar-refractivity contribution in [2.45, 2.75) is 32.6 Å². The maximum Gasteiger partial charge on any atom is 0.335 e. The van der Waals surface area contributed by atoms with E-state index in [0.717, 1.165) is 16.9 Å². The van der Waals surface area contributed by atoms with Crippen LogP contribution in [0, 0.1) is 0 Å². The van der Waals surface area contributed by atoms with Crippen molar-refractivity contribution in [2.24, 2.45) is 0 Å². The minimum absolute atomic E-state index is 0.0853. The minimum Gasteiger partial charge on any atom is -0.493 e. The van der Waals surface area contributed by atoms with Crippen LogP contribution in [-0.4, -0.2) is 39.5 Å². The van der Waals surface area contributed by atoms with E-state index in [2.05, 4.69) is 30.9 Å². The number of hydrogen-bond acceptors (Lipinski definition) is 6. The second-order valence-corrected chi connectivity index (χ2v) is 7.69. The monoisotopic (exact) mass is 396 g/mol. The number of benzene rings is 2. The molecule has 0 spiro atoms. The lowest BCUT2D eigenvalue weighted by Gasteiger charge is -2.23. The highest BCUT2D eigenvalue weighted by molar-refractivity contribution is 5.88. The van der Waals surface area contributed by atoms with Crippen LogP contribution in [0.3, 0.4) is 0 Å². The molecule has 0 aliphatic rings. The number of nitrogens with zero attached hydrogens (tertiary/aromatic N) is 2. The highest BCUT2D eigenvalue weighted by atomic mass is 16.5. The van der Waals surface area contributed by atoms with E-state index in [1.54, 1.807) is 12.1 Å². The second kappa shape index (κ2) is 8.45. The van der Waals surface area contributed by atoms with Gasteiger partial charge in [-0.3, -0.25) is 0 Å². The summed E-state index contributed by atoms with van der Waals surface area (Å²) in [7, 11) is 0. The molecule has 2 aromatic carbocycles. The van der Waals surface area contributed by atoms with Crippen LogP contribution in [0.15, 0.2) is 47.0 Å². The molecule has 0 unspecified atom stereocenters. The molecule has 152 valence electrons. The van der Waals surface area contributed by atoms with Crippen LogP contribution in [0.1, 0.15) is 43.1 Å². The maximum absolute atomic E-state index is 11.0. The van der Waals surface area contributed by atoms with E-state index in [9.17, 15) is 4.79 Å². The highest BCUT2D eigenvalue weighted by Crippen LogP contribution is 2.35. The third-order valence-electron chi connectivity index (χ3n) is 4.41. The van der Waals surface area contributed by atoms with Crippen molar-refractivity contribution < 1.29 is 24.3 Å². The Labute approximate surface area is 169 Å². The lowest BCUT2D eigenvalue weighted by atomic mass is 9.85. The van der Waals surface area contributed by atoms with Crippen molar-refractivity contribution in [3.05, 3.63) is 53.6 Å². The van der Waals surface area contributed by atoms with Crippen LogP contribution in [0.25, 0.3) is 22.8 Å². The van der Waals surface area contributed by atoms with E-state index in [-0.39, 0.29) is 17.6 Å². The normalized spacial score (nSPS) is 11.4. The second-order valence-electron chi connectivity index (χ2n) is 7.69. The Morgan fingerprint density at radius 2 is 1.79 bits per heavy atom. The summed E-state index contributed by atoms with van der Waals surface area (Å²) in [5, 5.41) is 22.0. The number of carbonyl (C=O) groups is 1. The molecule has 0 atom stereocenters. The third kappa shape index (κ3) is 4.81. The molecule has 3 rings (SSSR count). The van der Waals surface area contributed by atoms with Crippen LogP contribution in [0.4, 0.5) is 0 Å². The van der Waals surface area contributed by atoms with Gasteiger partial charge in [0.15, 0.2) is 0 Å². The molecule has 2 N–H and O–H groups in total. The van der Waals surface area contributed by atoms with E-state index in [4.69, 9.17) is 19.5 Å². The molecule has 3 aromatic rings. The van der Waals surface area contributed by atoms with Crippen molar-refractivity contribution in [3.63, 3.8) is 0 Å². The van der Waals surface area contributed by atoms with Gasteiger partial charge in [-0.15, -0.1) is 0 Å². The fourth-order valence-corrected chi connectivity index (χ4v) is 2.84. The van der Waals surface area contributed by atoms with E-state index in [0.29, 0.717) is 30.3 Å². The molecule has 0 saturated carbocycles. The summed E-state index contributed by atoms with van der Waals surface area (Å²) in [6.45, 7) is 6.81. The molecule has 0 aliphatic carbocycles. The Morgan fingerprint density at radius 1 is 1.10 bits per heavy atom. The zero-order valence-electron chi connectivity index (χ0n) is 16.7. The van der Waals surface area contributed by atoms with E-state index in [1.165, 1.54) is 12.1 Å². The molecule has 7 heteroatoms. The molecule has 0 bridgehead atoms. The fourth-order valence-electron chi connectivity index (χ4n) is 2.84. The summed E-state index contributed by atoms with van der Waals surface area (Å²) >= 11 is 0. The molecular formula is C22H24N2O5. The standard InChI is InChI=1S/C22H24N2O5/c1-22(2,3)17-13-16(9-10-18(17)28-12-4-11-25)19-23-20(29-24-19)14-5-7-15(8-6-14)21(26)27/h5-10,13,25H,4,11-12H2,1-3H3,(H,26,27). The maximum atomic E-state index is 11.0. The molecule has 29 heavy (non-hydrogen) atoms. The number of aliphatic hydroxyl groups is 1. The highest BCUT2D eigenvalue weighted by Gasteiger charge is 2.21. The third-order valence-corrected chi connectivity index (χ3v) is 4.41. The van der Waals surface area contributed by atoms with Gasteiger partial charge in [0, 0.05) is 29.7 Å². The van der Waals surface area contributed by atoms with Crippen molar-refractivity contribution in [2.75, 3.05) is 13.2 Å². The van der Waals surface area contributed by atoms with Crippen LogP contribution < -0.4 is 4.74 Å². The van der Waals surface area contributed by atoms with Gasteiger partial charge in [-0.25, -0.2) is 4.79 Å². The van der Waals surface area contributed by atoms with E-state index < -0.39 is 5.97 Å². The van der Waals surface area contributed by atoms with Crippen LogP contribution >= 0.6 is 0 Å². The number of rotatable bonds is 7. The van der Waals surface area contributed by atoms with Gasteiger partial charge in [0.25, 0.3) is 5.89 Å². The molecule has 0 amide bonds. The molecule has 0 saturated heterocycles. The van der Waals surface area contributed by atoms with Gasteiger partial charge in [-0.2, -0.15) is 4.98 Å². The van der Waals surface area contributed by atoms with Gasteiger partial charge in [-0.1, -0.05) is 25.9 Å². The number of carboxylic acid groups (broad SMARTS) is 1. The van der Waals surface area contributed by atoms with Crippen molar-refractivity contribution in [3.8, 4) is 28.6 Å². The minimum atomic E-state index is -0.987. The number of aromatic nitrogens is 2. The average molecular weight is 396 g/mol.